The molecule has 0 bridgehead atoms. The number of aromatic nitrogens is 5. The summed E-state index contributed by atoms with van der Waals surface area (Å²) in [5.41, 5.74) is 3.66. The van der Waals surface area contributed by atoms with Crippen LogP contribution in [-0.2, 0) is 11.3 Å². The van der Waals surface area contributed by atoms with Gasteiger partial charge in [-0.3, -0.25) is 4.98 Å². The molecule has 31 heavy (non-hydrogen) atoms. The molecule has 5 heterocycles. The summed E-state index contributed by atoms with van der Waals surface area (Å²) in [4.78, 5) is 25.9. The van der Waals surface area contributed by atoms with Gasteiger partial charge in [-0.15, -0.1) is 11.3 Å². The summed E-state index contributed by atoms with van der Waals surface area (Å²) in [6.45, 7) is 3.58. The van der Waals surface area contributed by atoms with Crippen LogP contribution in [-0.4, -0.2) is 51.2 Å². The molecule has 0 saturated carbocycles. The smallest absolute Gasteiger partial charge is 0.226 e. The number of nitrogens with zero attached hydrogens (tertiary/aromatic N) is 6. The maximum absolute atomic E-state index is 5.45. The Balaban J connectivity index is 1.47. The number of rotatable bonds is 6. The Kier molecular flexibility index (Phi) is 5.76. The molecule has 1 saturated heterocycles. The summed E-state index contributed by atoms with van der Waals surface area (Å²) in [5.74, 6) is 1.28. The van der Waals surface area contributed by atoms with E-state index in [1.54, 1.807) is 29.9 Å². The number of anilines is 2. The number of hydrogen-bond donors (Lipinski definition) is 1. The van der Waals surface area contributed by atoms with Crippen molar-refractivity contribution < 1.29 is 4.74 Å². The quantitative estimate of drug-likeness (QED) is 0.496. The van der Waals surface area contributed by atoms with E-state index < -0.39 is 0 Å². The number of morpholine rings is 1. The third kappa shape index (κ3) is 4.52. The van der Waals surface area contributed by atoms with E-state index in [4.69, 9.17) is 14.7 Å². The minimum absolute atomic E-state index is 0.575. The first-order valence-corrected chi connectivity index (χ1v) is 10.9. The predicted molar refractivity (Wildman–Crippen MR) is 121 cm³/mol. The van der Waals surface area contributed by atoms with Gasteiger partial charge < -0.3 is 15.0 Å². The molecular formula is C22H21N7OS. The third-order valence-corrected chi connectivity index (χ3v) is 5.83. The van der Waals surface area contributed by atoms with E-state index in [9.17, 15) is 0 Å². The van der Waals surface area contributed by atoms with Gasteiger partial charge in [-0.2, -0.15) is 0 Å². The van der Waals surface area contributed by atoms with Crippen LogP contribution in [0.4, 0.5) is 11.9 Å². The second-order valence-corrected chi connectivity index (χ2v) is 7.93. The SMILES string of the molecule is c1csc(-c2nc(NCc3ccncc3)ncc2-c2ccnc(N3CCOCC3)n2)c1. The van der Waals surface area contributed by atoms with Gasteiger partial charge in [0.25, 0.3) is 0 Å². The molecule has 156 valence electrons. The molecule has 4 aromatic heterocycles. The van der Waals surface area contributed by atoms with Crippen molar-refractivity contribution in [2.75, 3.05) is 36.5 Å². The lowest BCUT2D eigenvalue weighted by atomic mass is 10.1. The number of nitrogens with one attached hydrogen (secondary N) is 1. The van der Waals surface area contributed by atoms with E-state index in [0.29, 0.717) is 31.7 Å². The number of ether oxygens (including phenoxy) is 1. The fourth-order valence-electron chi connectivity index (χ4n) is 3.35. The van der Waals surface area contributed by atoms with Gasteiger partial charge in [0, 0.05) is 50.0 Å². The highest BCUT2D eigenvalue weighted by atomic mass is 32.1. The first-order chi connectivity index (χ1) is 15.4. The molecule has 0 radical (unpaired) electrons. The van der Waals surface area contributed by atoms with Gasteiger partial charge in [-0.1, -0.05) is 6.07 Å². The topological polar surface area (TPSA) is 89.0 Å². The standard InChI is InChI=1S/C22H21N7OS/c1-2-19(31-13-1)20-17(15-26-21(28-20)25-14-16-3-6-23-7-4-16)18-5-8-24-22(27-18)29-9-11-30-12-10-29/h1-8,13,15H,9-12,14H2,(H,25,26,28). The Bertz CT molecular complexity index is 1130. The van der Waals surface area contributed by atoms with E-state index in [-0.39, 0.29) is 0 Å². The average molecular weight is 432 g/mol. The van der Waals surface area contributed by atoms with Crippen LogP contribution < -0.4 is 10.2 Å². The second-order valence-electron chi connectivity index (χ2n) is 6.98. The van der Waals surface area contributed by atoms with Crippen LogP contribution in [0.2, 0.25) is 0 Å². The molecule has 5 rings (SSSR count). The normalized spacial score (nSPS) is 13.9. The highest BCUT2D eigenvalue weighted by molar-refractivity contribution is 7.13. The fraction of sp³-hybridized carbons (Fsp3) is 0.227. The van der Waals surface area contributed by atoms with Crippen molar-refractivity contribution in [2.45, 2.75) is 6.54 Å². The van der Waals surface area contributed by atoms with Crippen LogP contribution in [0.1, 0.15) is 5.56 Å². The Labute approximate surface area is 184 Å². The van der Waals surface area contributed by atoms with Gasteiger partial charge in [0.1, 0.15) is 0 Å². The Hall–Kier alpha value is -3.43. The van der Waals surface area contributed by atoms with Gasteiger partial charge in [0.05, 0.1) is 29.5 Å². The molecule has 0 amide bonds. The van der Waals surface area contributed by atoms with Gasteiger partial charge in [0.15, 0.2) is 0 Å². The fourth-order valence-corrected chi connectivity index (χ4v) is 4.08. The molecule has 0 atom stereocenters. The van der Waals surface area contributed by atoms with Gasteiger partial charge in [-0.05, 0) is 35.2 Å². The molecule has 0 aliphatic carbocycles. The first-order valence-electron chi connectivity index (χ1n) is 10.1. The van der Waals surface area contributed by atoms with Gasteiger partial charge in [0.2, 0.25) is 11.9 Å². The maximum Gasteiger partial charge on any atom is 0.226 e. The highest BCUT2D eigenvalue weighted by Crippen LogP contribution is 2.33. The molecule has 0 aromatic carbocycles. The van der Waals surface area contributed by atoms with E-state index in [1.807, 2.05) is 35.8 Å². The second kappa shape index (κ2) is 9.15. The first kappa shape index (κ1) is 19.5. The molecule has 1 fully saturated rings. The van der Waals surface area contributed by atoms with Crippen molar-refractivity contribution in [1.82, 2.24) is 24.9 Å². The Morgan fingerprint density at radius 1 is 1.00 bits per heavy atom. The monoisotopic (exact) mass is 431 g/mol. The van der Waals surface area contributed by atoms with Crippen molar-refractivity contribution in [3.05, 3.63) is 66.1 Å². The van der Waals surface area contributed by atoms with Crippen molar-refractivity contribution in [3.8, 4) is 21.8 Å². The molecular weight excluding hydrogens is 410 g/mol. The number of pyridine rings is 1. The molecule has 0 unspecified atom stereocenters. The zero-order chi connectivity index (χ0) is 20.9. The van der Waals surface area contributed by atoms with Crippen LogP contribution in [0.3, 0.4) is 0 Å². The van der Waals surface area contributed by atoms with Crippen molar-refractivity contribution in [2.24, 2.45) is 0 Å². The highest BCUT2D eigenvalue weighted by Gasteiger charge is 2.18. The van der Waals surface area contributed by atoms with Crippen LogP contribution in [0.15, 0.2) is 60.5 Å². The number of thiophene rings is 1. The lowest BCUT2D eigenvalue weighted by molar-refractivity contribution is 0.122. The maximum atomic E-state index is 5.45. The lowest BCUT2D eigenvalue weighted by Gasteiger charge is -2.26. The van der Waals surface area contributed by atoms with E-state index in [2.05, 4.69) is 31.2 Å². The molecule has 1 aliphatic heterocycles. The molecule has 0 spiro atoms. The molecule has 4 aromatic rings. The van der Waals surface area contributed by atoms with Crippen molar-refractivity contribution in [3.63, 3.8) is 0 Å². The summed E-state index contributed by atoms with van der Waals surface area (Å²) in [5, 5.41) is 5.35. The predicted octanol–water partition coefficient (Wildman–Crippen LogP) is 3.51. The molecule has 8 nitrogen and oxygen atoms in total. The van der Waals surface area contributed by atoms with E-state index in [0.717, 1.165) is 40.5 Å². The average Bonchev–Trinajstić information content (AvgIpc) is 3.39. The summed E-state index contributed by atoms with van der Waals surface area (Å²) in [7, 11) is 0. The van der Waals surface area contributed by atoms with E-state index >= 15 is 0 Å². The van der Waals surface area contributed by atoms with Crippen molar-refractivity contribution in [1.29, 1.82) is 0 Å². The summed E-state index contributed by atoms with van der Waals surface area (Å²) in [6, 6.07) is 9.93. The summed E-state index contributed by atoms with van der Waals surface area (Å²) < 4.78 is 5.45. The summed E-state index contributed by atoms with van der Waals surface area (Å²) >= 11 is 1.64. The molecule has 9 heteroatoms. The molecule has 1 aliphatic rings. The molecule has 1 N–H and O–H groups in total. The zero-order valence-corrected chi connectivity index (χ0v) is 17.6. The van der Waals surface area contributed by atoms with E-state index in [1.165, 1.54) is 0 Å². The summed E-state index contributed by atoms with van der Waals surface area (Å²) in [6.07, 6.45) is 7.18. The van der Waals surface area contributed by atoms with Crippen molar-refractivity contribution >= 4 is 23.2 Å². The van der Waals surface area contributed by atoms with Crippen LogP contribution in [0, 0.1) is 0 Å². The van der Waals surface area contributed by atoms with Crippen LogP contribution in [0.5, 0.6) is 0 Å². The minimum Gasteiger partial charge on any atom is -0.378 e. The van der Waals surface area contributed by atoms with Gasteiger partial charge in [-0.25, -0.2) is 19.9 Å². The van der Waals surface area contributed by atoms with Crippen LogP contribution >= 0.6 is 11.3 Å². The van der Waals surface area contributed by atoms with Gasteiger partial charge >= 0.3 is 0 Å². The zero-order valence-electron chi connectivity index (χ0n) is 16.8. The lowest BCUT2D eigenvalue weighted by Crippen LogP contribution is -2.37. The Morgan fingerprint density at radius 3 is 2.68 bits per heavy atom. The number of hydrogen-bond acceptors (Lipinski definition) is 9. The Morgan fingerprint density at radius 2 is 1.87 bits per heavy atom. The largest absolute Gasteiger partial charge is 0.378 e. The minimum atomic E-state index is 0.575. The van der Waals surface area contributed by atoms with Crippen LogP contribution in [0.25, 0.3) is 21.8 Å². The third-order valence-electron chi connectivity index (χ3n) is 4.96.